The van der Waals surface area contributed by atoms with Crippen molar-refractivity contribution in [2.45, 2.75) is 6.18 Å². The molecule has 0 fully saturated rings. The molecule has 0 unspecified atom stereocenters. The van der Waals surface area contributed by atoms with Crippen molar-refractivity contribution in [2.75, 3.05) is 0 Å². The summed E-state index contributed by atoms with van der Waals surface area (Å²) < 4.78 is 37.6. The van der Waals surface area contributed by atoms with Crippen LogP contribution in [0.15, 0.2) is 48.5 Å². The minimum atomic E-state index is -4.32. The lowest BCUT2D eigenvalue weighted by Gasteiger charge is -2.06. The van der Waals surface area contributed by atoms with Crippen LogP contribution in [-0.4, -0.2) is 4.98 Å². The van der Waals surface area contributed by atoms with Crippen molar-refractivity contribution in [3.63, 3.8) is 0 Å². The van der Waals surface area contributed by atoms with Gasteiger partial charge in [-0.05, 0) is 35.9 Å². The number of benzene rings is 2. The van der Waals surface area contributed by atoms with Crippen LogP contribution in [0.1, 0.15) is 5.56 Å². The number of halogens is 4. The predicted molar refractivity (Wildman–Crippen MR) is 73.7 cm³/mol. The van der Waals surface area contributed by atoms with Crippen molar-refractivity contribution in [3.8, 4) is 11.3 Å². The molecule has 0 aliphatic carbocycles. The van der Waals surface area contributed by atoms with Gasteiger partial charge in [-0.3, -0.25) is 0 Å². The molecule has 5 heteroatoms. The van der Waals surface area contributed by atoms with Crippen molar-refractivity contribution in [1.82, 2.24) is 4.98 Å². The van der Waals surface area contributed by atoms with Crippen LogP contribution in [0.25, 0.3) is 22.2 Å². The Kier molecular flexibility index (Phi) is 2.98. The number of nitrogens with one attached hydrogen (secondary N) is 1. The summed E-state index contributed by atoms with van der Waals surface area (Å²) in [6, 6.07) is 12.3. The fourth-order valence-electron chi connectivity index (χ4n) is 2.11. The molecule has 1 nitrogen and oxygen atoms in total. The molecule has 3 rings (SSSR count). The third-order valence-corrected chi connectivity index (χ3v) is 3.46. The molecule has 0 bridgehead atoms. The highest BCUT2D eigenvalue weighted by molar-refractivity contribution is 6.35. The first-order chi connectivity index (χ1) is 9.45. The number of rotatable bonds is 1. The van der Waals surface area contributed by atoms with E-state index in [-0.39, 0.29) is 0 Å². The zero-order valence-corrected chi connectivity index (χ0v) is 10.9. The van der Waals surface area contributed by atoms with E-state index in [2.05, 4.69) is 4.98 Å². The summed E-state index contributed by atoms with van der Waals surface area (Å²) in [5.41, 5.74) is 1.62. The third kappa shape index (κ3) is 2.27. The van der Waals surface area contributed by atoms with E-state index in [1.807, 2.05) is 18.2 Å². The van der Waals surface area contributed by atoms with Crippen LogP contribution in [0.2, 0.25) is 5.02 Å². The van der Waals surface area contributed by atoms with Crippen LogP contribution < -0.4 is 0 Å². The van der Waals surface area contributed by atoms with Gasteiger partial charge in [-0.25, -0.2) is 0 Å². The summed E-state index contributed by atoms with van der Waals surface area (Å²) in [5.74, 6) is 0. The highest BCUT2D eigenvalue weighted by Gasteiger charge is 2.30. The van der Waals surface area contributed by atoms with E-state index in [4.69, 9.17) is 11.6 Å². The Labute approximate surface area is 118 Å². The second-order valence-corrected chi connectivity index (χ2v) is 4.87. The Morgan fingerprint density at radius 2 is 1.65 bits per heavy atom. The SMILES string of the molecule is FC(F)(F)c1ccc(-c2cc3c(Cl)cccc3[nH]2)cc1. The molecule has 0 aliphatic rings. The molecule has 20 heavy (non-hydrogen) atoms. The molecule has 102 valence electrons. The molecule has 0 atom stereocenters. The first-order valence-electron chi connectivity index (χ1n) is 5.90. The number of hydrogen-bond donors (Lipinski definition) is 1. The van der Waals surface area contributed by atoms with Gasteiger partial charge in [-0.2, -0.15) is 13.2 Å². The van der Waals surface area contributed by atoms with Crippen molar-refractivity contribution in [3.05, 3.63) is 59.1 Å². The zero-order valence-electron chi connectivity index (χ0n) is 10.1. The van der Waals surface area contributed by atoms with Crippen molar-refractivity contribution in [1.29, 1.82) is 0 Å². The van der Waals surface area contributed by atoms with Crippen LogP contribution in [-0.2, 0) is 6.18 Å². The Bertz CT molecular complexity index is 757. The number of fused-ring (bicyclic) bond motifs is 1. The molecule has 1 aromatic heterocycles. The van der Waals surface area contributed by atoms with Gasteiger partial charge in [0, 0.05) is 21.6 Å². The molecule has 0 saturated heterocycles. The zero-order chi connectivity index (χ0) is 14.3. The summed E-state index contributed by atoms with van der Waals surface area (Å²) in [4.78, 5) is 3.15. The van der Waals surface area contributed by atoms with Gasteiger partial charge in [0.05, 0.1) is 5.56 Å². The molecule has 1 heterocycles. The maximum atomic E-state index is 12.5. The maximum Gasteiger partial charge on any atom is 0.416 e. The Hall–Kier alpha value is -1.94. The number of H-pyrrole nitrogens is 1. The van der Waals surface area contributed by atoms with E-state index in [1.165, 1.54) is 12.1 Å². The molecule has 0 amide bonds. The second kappa shape index (κ2) is 4.56. The molecule has 0 spiro atoms. The molecular formula is C15H9ClF3N. The van der Waals surface area contributed by atoms with E-state index < -0.39 is 11.7 Å². The van der Waals surface area contributed by atoms with Gasteiger partial charge >= 0.3 is 6.18 Å². The van der Waals surface area contributed by atoms with Gasteiger partial charge in [-0.15, -0.1) is 0 Å². The monoisotopic (exact) mass is 295 g/mol. The summed E-state index contributed by atoms with van der Waals surface area (Å²) in [7, 11) is 0. The number of hydrogen-bond acceptors (Lipinski definition) is 0. The molecule has 0 saturated carbocycles. The maximum absolute atomic E-state index is 12.5. The van der Waals surface area contributed by atoms with E-state index in [0.29, 0.717) is 10.6 Å². The van der Waals surface area contributed by atoms with Gasteiger partial charge in [0.15, 0.2) is 0 Å². The Balaban J connectivity index is 2.05. The summed E-state index contributed by atoms with van der Waals surface area (Å²) in [6.07, 6.45) is -4.32. The van der Waals surface area contributed by atoms with E-state index in [0.717, 1.165) is 28.7 Å². The predicted octanol–water partition coefficient (Wildman–Crippen LogP) is 5.51. The van der Waals surface area contributed by atoms with E-state index in [1.54, 1.807) is 6.07 Å². The summed E-state index contributed by atoms with van der Waals surface area (Å²) in [5, 5.41) is 1.46. The first kappa shape index (κ1) is 13.1. The average molecular weight is 296 g/mol. The van der Waals surface area contributed by atoms with E-state index >= 15 is 0 Å². The van der Waals surface area contributed by atoms with Crippen LogP contribution in [0.5, 0.6) is 0 Å². The van der Waals surface area contributed by atoms with E-state index in [9.17, 15) is 13.2 Å². The Morgan fingerprint density at radius 1 is 0.950 bits per heavy atom. The number of aromatic nitrogens is 1. The fraction of sp³-hybridized carbons (Fsp3) is 0.0667. The smallest absolute Gasteiger partial charge is 0.354 e. The van der Waals surface area contributed by atoms with Crippen LogP contribution >= 0.6 is 11.6 Å². The minimum absolute atomic E-state index is 0.608. The standard InChI is InChI=1S/C15H9ClF3N/c16-12-2-1-3-13-11(12)8-14(20-13)9-4-6-10(7-5-9)15(17,18)19/h1-8,20H. The van der Waals surface area contributed by atoms with Crippen LogP contribution in [0.3, 0.4) is 0 Å². The highest BCUT2D eigenvalue weighted by Crippen LogP contribution is 2.32. The van der Waals surface area contributed by atoms with Gasteiger partial charge < -0.3 is 4.98 Å². The highest BCUT2D eigenvalue weighted by atomic mass is 35.5. The first-order valence-corrected chi connectivity index (χ1v) is 6.28. The van der Waals surface area contributed by atoms with Gasteiger partial charge in [0.25, 0.3) is 0 Å². The fourth-order valence-corrected chi connectivity index (χ4v) is 2.34. The largest absolute Gasteiger partial charge is 0.416 e. The average Bonchev–Trinajstić information content (AvgIpc) is 2.83. The number of aromatic amines is 1. The van der Waals surface area contributed by atoms with Gasteiger partial charge in [0.1, 0.15) is 0 Å². The quantitative estimate of drug-likeness (QED) is 0.609. The third-order valence-electron chi connectivity index (χ3n) is 3.13. The molecule has 3 aromatic rings. The lowest BCUT2D eigenvalue weighted by atomic mass is 10.1. The lowest BCUT2D eigenvalue weighted by molar-refractivity contribution is -0.137. The normalized spacial score (nSPS) is 12.0. The Morgan fingerprint density at radius 3 is 2.25 bits per heavy atom. The van der Waals surface area contributed by atoms with Gasteiger partial charge in [0.2, 0.25) is 0 Å². The molecule has 0 aliphatic heterocycles. The number of alkyl halides is 3. The minimum Gasteiger partial charge on any atom is -0.354 e. The molecule has 1 N–H and O–H groups in total. The lowest BCUT2D eigenvalue weighted by Crippen LogP contribution is -2.03. The second-order valence-electron chi connectivity index (χ2n) is 4.46. The molecule has 0 radical (unpaired) electrons. The summed E-state index contributed by atoms with van der Waals surface area (Å²) in [6.45, 7) is 0. The molecule has 2 aromatic carbocycles. The topological polar surface area (TPSA) is 15.8 Å². The van der Waals surface area contributed by atoms with Crippen LogP contribution in [0, 0.1) is 0 Å². The van der Waals surface area contributed by atoms with Crippen LogP contribution in [0.4, 0.5) is 13.2 Å². The summed E-state index contributed by atoms with van der Waals surface area (Å²) >= 11 is 6.07. The van der Waals surface area contributed by atoms with Crippen molar-refractivity contribution in [2.24, 2.45) is 0 Å². The van der Waals surface area contributed by atoms with Crippen molar-refractivity contribution < 1.29 is 13.2 Å². The van der Waals surface area contributed by atoms with Gasteiger partial charge in [-0.1, -0.05) is 29.8 Å². The van der Waals surface area contributed by atoms with Crippen molar-refractivity contribution >= 4 is 22.5 Å². The molecular weight excluding hydrogens is 287 g/mol.